The van der Waals surface area contributed by atoms with Crippen molar-refractivity contribution >= 4 is 0 Å². The first kappa shape index (κ1) is 46.2. The van der Waals surface area contributed by atoms with Crippen LogP contribution in [0.1, 0.15) is 167 Å². The molecule has 0 spiro atoms. The van der Waals surface area contributed by atoms with Gasteiger partial charge in [0.15, 0.2) is 0 Å². The van der Waals surface area contributed by atoms with E-state index in [9.17, 15) is 0 Å². The molecule has 0 aliphatic carbocycles. The smallest absolute Gasteiger partial charge is 0.00644 e. The molecule has 0 saturated carbocycles. The third-order valence-electron chi connectivity index (χ3n) is 12.8. The SMILES string of the molecule is CC/C=C(/C)Cc1c(C)c(C)c(C)c(C)c1C.CC/C=C(\C)Cc1c(C)c(C)c(C)c(C)c1C.CCCC(C)Cc1c(C)c(C)c(C)c(C)c1C. The second-order valence-corrected chi connectivity index (χ2v) is 16.2. The second kappa shape index (κ2) is 21.0. The van der Waals surface area contributed by atoms with Crippen molar-refractivity contribution in [2.75, 3.05) is 0 Å². The molecule has 0 aliphatic rings. The molecule has 0 aromatic heterocycles. The Balaban J connectivity index is 0.000000382. The lowest BCUT2D eigenvalue weighted by Crippen LogP contribution is -2.07. The highest BCUT2D eigenvalue weighted by atomic mass is 14.2. The molecule has 0 fully saturated rings. The van der Waals surface area contributed by atoms with E-state index in [0.29, 0.717) is 0 Å². The van der Waals surface area contributed by atoms with Crippen molar-refractivity contribution in [3.8, 4) is 0 Å². The summed E-state index contributed by atoms with van der Waals surface area (Å²) in [5.41, 5.74) is 29.9. The van der Waals surface area contributed by atoms with Gasteiger partial charge in [-0.25, -0.2) is 0 Å². The lowest BCUT2D eigenvalue weighted by atomic mass is 9.85. The topological polar surface area (TPSA) is 0 Å². The molecule has 0 amide bonds. The van der Waals surface area contributed by atoms with Crippen LogP contribution in [0.2, 0.25) is 0 Å². The standard InChI is InChI=1S/C17H28.2C17H26/c3*1-8-9-11(2)10-17-15(6)13(4)12(3)14(5)16(17)7/h11H,8-10H2,1-7H3;2*9H,8,10H2,1-7H3/b;11-9+;11-9-. The molecule has 0 N–H and O–H groups in total. The number of allylic oxidation sites excluding steroid dienone is 4. The lowest BCUT2D eigenvalue weighted by molar-refractivity contribution is 0.520. The molecule has 0 nitrogen and oxygen atoms in total. The molecule has 0 heteroatoms. The van der Waals surface area contributed by atoms with Crippen LogP contribution < -0.4 is 0 Å². The van der Waals surface area contributed by atoms with E-state index in [4.69, 9.17) is 0 Å². The van der Waals surface area contributed by atoms with Crippen LogP contribution in [-0.4, -0.2) is 0 Å². The molecule has 3 aromatic carbocycles. The molecule has 0 radical (unpaired) electrons. The van der Waals surface area contributed by atoms with Crippen LogP contribution in [0.25, 0.3) is 0 Å². The molecule has 284 valence electrons. The Bertz CT molecular complexity index is 1520. The van der Waals surface area contributed by atoms with Crippen LogP contribution in [0.15, 0.2) is 23.3 Å². The van der Waals surface area contributed by atoms with E-state index in [0.717, 1.165) is 31.6 Å². The van der Waals surface area contributed by atoms with Crippen LogP contribution in [0.3, 0.4) is 0 Å². The number of rotatable bonds is 10. The summed E-state index contributed by atoms with van der Waals surface area (Å²) >= 11 is 0. The molecular weight excluding hydrogens is 613 g/mol. The minimum absolute atomic E-state index is 0.805. The molecular formula is C51H80. The van der Waals surface area contributed by atoms with E-state index in [-0.39, 0.29) is 0 Å². The minimum Gasteiger partial charge on any atom is -0.0855 e. The van der Waals surface area contributed by atoms with E-state index < -0.39 is 0 Å². The molecule has 0 heterocycles. The van der Waals surface area contributed by atoms with E-state index >= 15 is 0 Å². The van der Waals surface area contributed by atoms with Gasteiger partial charge in [-0.2, -0.15) is 0 Å². The number of benzene rings is 3. The van der Waals surface area contributed by atoms with Crippen molar-refractivity contribution in [2.45, 2.75) is 190 Å². The Morgan fingerprint density at radius 2 is 0.627 bits per heavy atom. The van der Waals surface area contributed by atoms with Crippen molar-refractivity contribution in [1.82, 2.24) is 0 Å². The molecule has 3 rings (SSSR count). The van der Waals surface area contributed by atoms with Crippen molar-refractivity contribution in [3.05, 3.63) is 123 Å². The summed E-state index contributed by atoms with van der Waals surface area (Å²) in [5, 5.41) is 0. The molecule has 0 saturated heterocycles. The summed E-state index contributed by atoms with van der Waals surface area (Å²) in [6.45, 7) is 47.5. The summed E-state index contributed by atoms with van der Waals surface area (Å²) in [7, 11) is 0. The minimum atomic E-state index is 0.805. The van der Waals surface area contributed by atoms with E-state index in [2.05, 4.69) is 158 Å². The quantitative estimate of drug-likeness (QED) is 0.186. The third-order valence-corrected chi connectivity index (χ3v) is 12.8. The van der Waals surface area contributed by atoms with Crippen LogP contribution in [0, 0.1) is 110 Å². The Labute approximate surface area is 318 Å². The van der Waals surface area contributed by atoms with Gasteiger partial charge in [0.1, 0.15) is 0 Å². The lowest BCUT2D eigenvalue weighted by Gasteiger charge is -2.21. The first-order valence-electron chi connectivity index (χ1n) is 20.2. The zero-order chi connectivity index (χ0) is 39.5. The fourth-order valence-electron chi connectivity index (χ4n) is 7.91. The number of hydrogen-bond acceptors (Lipinski definition) is 0. The van der Waals surface area contributed by atoms with E-state index in [1.807, 2.05) is 0 Å². The summed E-state index contributed by atoms with van der Waals surface area (Å²) in [4.78, 5) is 0. The molecule has 1 atom stereocenters. The Hall–Kier alpha value is -2.86. The predicted molar refractivity (Wildman–Crippen MR) is 234 cm³/mol. The maximum absolute atomic E-state index is 2.38. The van der Waals surface area contributed by atoms with Crippen LogP contribution in [-0.2, 0) is 19.3 Å². The van der Waals surface area contributed by atoms with Crippen molar-refractivity contribution in [2.24, 2.45) is 5.92 Å². The maximum Gasteiger partial charge on any atom is -0.00644 e. The monoisotopic (exact) mass is 693 g/mol. The predicted octanol–water partition coefficient (Wildman–Crippen LogP) is 15.5. The second-order valence-electron chi connectivity index (χ2n) is 16.2. The van der Waals surface area contributed by atoms with Gasteiger partial charge in [-0.3, -0.25) is 0 Å². The summed E-state index contributed by atoms with van der Waals surface area (Å²) in [5.74, 6) is 0.805. The van der Waals surface area contributed by atoms with Gasteiger partial charge in [0.25, 0.3) is 0 Å². The summed E-state index contributed by atoms with van der Waals surface area (Å²) in [6.07, 6.45) is 13.0. The van der Waals surface area contributed by atoms with Gasteiger partial charge in [0.05, 0.1) is 0 Å². The largest absolute Gasteiger partial charge is 0.0855 e. The first-order valence-corrected chi connectivity index (χ1v) is 20.2. The van der Waals surface area contributed by atoms with E-state index in [1.165, 1.54) is 125 Å². The highest BCUT2D eigenvalue weighted by Gasteiger charge is 2.15. The normalized spacial score (nSPS) is 12.3. The first-order chi connectivity index (χ1) is 23.7. The molecule has 3 aromatic rings. The molecule has 0 aliphatic heterocycles. The van der Waals surface area contributed by atoms with Crippen LogP contribution in [0.4, 0.5) is 0 Å². The van der Waals surface area contributed by atoms with Crippen molar-refractivity contribution in [3.63, 3.8) is 0 Å². The number of hydrogen-bond donors (Lipinski definition) is 0. The average Bonchev–Trinajstić information content (AvgIpc) is 3.09. The Morgan fingerprint density at radius 1 is 0.392 bits per heavy atom. The van der Waals surface area contributed by atoms with Gasteiger partial charge in [-0.1, -0.05) is 63.8 Å². The van der Waals surface area contributed by atoms with Gasteiger partial charge in [-0.05, 0) is 256 Å². The third kappa shape index (κ3) is 11.8. The highest BCUT2D eigenvalue weighted by Crippen LogP contribution is 2.30. The Morgan fingerprint density at radius 3 is 0.863 bits per heavy atom. The Kier molecular flexibility index (Phi) is 19.0. The highest BCUT2D eigenvalue weighted by molar-refractivity contribution is 5.52. The van der Waals surface area contributed by atoms with Crippen molar-refractivity contribution in [1.29, 1.82) is 0 Å². The maximum atomic E-state index is 2.38. The van der Waals surface area contributed by atoms with E-state index in [1.54, 1.807) is 5.56 Å². The molecule has 51 heavy (non-hydrogen) atoms. The average molecular weight is 693 g/mol. The van der Waals surface area contributed by atoms with Gasteiger partial charge < -0.3 is 0 Å². The van der Waals surface area contributed by atoms with Gasteiger partial charge in [-0.15, -0.1) is 0 Å². The summed E-state index contributed by atoms with van der Waals surface area (Å²) in [6, 6.07) is 0. The van der Waals surface area contributed by atoms with Gasteiger partial charge in [0.2, 0.25) is 0 Å². The molecule has 1 unspecified atom stereocenters. The van der Waals surface area contributed by atoms with Crippen LogP contribution in [0.5, 0.6) is 0 Å². The zero-order valence-electron chi connectivity index (χ0n) is 37.7. The van der Waals surface area contributed by atoms with Crippen LogP contribution >= 0.6 is 0 Å². The van der Waals surface area contributed by atoms with Gasteiger partial charge >= 0.3 is 0 Å². The van der Waals surface area contributed by atoms with Crippen molar-refractivity contribution < 1.29 is 0 Å². The van der Waals surface area contributed by atoms with Gasteiger partial charge in [0, 0.05) is 0 Å². The summed E-state index contributed by atoms with van der Waals surface area (Å²) < 4.78 is 0. The fraction of sp³-hybridized carbons (Fsp3) is 0.569. The fourth-order valence-corrected chi connectivity index (χ4v) is 7.91. The molecule has 0 bridgehead atoms. The zero-order valence-corrected chi connectivity index (χ0v) is 37.7.